The molecule has 0 aromatic heterocycles. The Morgan fingerprint density at radius 3 is 2.33 bits per heavy atom. The van der Waals surface area contributed by atoms with Crippen LogP contribution in [0.2, 0.25) is 5.02 Å². The van der Waals surface area contributed by atoms with Gasteiger partial charge in [0.15, 0.2) is 0 Å². The molecule has 3 heteroatoms. The van der Waals surface area contributed by atoms with Gasteiger partial charge in [0.25, 0.3) is 0 Å². The summed E-state index contributed by atoms with van der Waals surface area (Å²) in [5.41, 5.74) is 2.70. The normalized spacial score (nSPS) is 9.89. The van der Waals surface area contributed by atoms with E-state index in [1.54, 1.807) is 18.2 Å². The fourth-order valence-electron chi connectivity index (χ4n) is 1.79. The molecule has 0 aliphatic heterocycles. The van der Waals surface area contributed by atoms with E-state index in [1.165, 1.54) is 0 Å². The van der Waals surface area contributed by atoms with E-state index >= 15 is 0 Å². The Morgan fingerprint density at radius 1 is 1.06 bits per heavy atom. The molecule has 0 atom stereocenters. The van der Waals surface area contributed by atoms with E-state index in [9.17, 15) is 0 Å². The van der Waals surface area contributed by atoms with Gasteiger partial charge in [-0.05, 0) is 49.2 Å². The number of hydrogen-bond donors (Lipinski definition) is 0. The third-order valence-electron chi connectivity index (χ3n) is 2.49. The summed E-state index contributed by atoms with van der Waals surface area (Å²) in [5, 5.41) is 9.57. The van der Waals surface area contributed by atoms with Gasteiger partial charge in [-0.1, -0.05) is 17.7 Å². The Kier molecular flexibility index (Phi) is 3.55. The molecule has 0 unspecified atom stereocenters. The van der Waals surface area contributed by atoms with E-state index in [-0.39, 0.29) is 0 Å². The number of aryl methyl sites for hydroxylation is 2. The van der Waals surface area contributed by atoms with E-state index < -0.39 is 0 Å². The lowest BCUT2D eigenvalue weighted by Crippen LogP contribution is -1.90. The Bertz CT molecular complexity index is 609. The standard InChI is InChI=1S/C15H12ClNO/c1-10-5-11(2)7-14(6-10)18-15-8-13(16)4-3-12(15)9-17/h3-8H,1-2H3. The van der Waals surface area contributed by atoms with Crippen molar-refractivity contribution in [2.24, 2.45) is 0 Å². The Hall–Kier alpha value is -1.98. The van der Waals surface area contributed by atoms with Crippen LogP contribution in [0.25, 0.3) is 0 Å². The predicted molar refractivity (Wildman–Crippen MR) is 72.2 cm³/mol. The molecule has 0 aliphatic rings. The fourth-order valence-corrected chi connectivity index (χ4v) is 1.95. The second-order valence-electron chi connectivity index (χ2n) is 4.18. The molecule has 0 fully saturated rings. The summed E-state index contributed by atoms with van der Waals surface area (Å²) >= 11 is 5.91. The zero-order valence-corrected chi connectivity index (χ0v) is 11.0. The van der Waals surface area contributed by atoms with E-state index in [4.69, 9.17) is 21.6 Å². The van der Waals surface area contributed by atoms with Gasteiger partial charge in [-0.15, -0.1) is 0 Å². The Morgan fingerprint density at radius 2 is 1.72 bits per heavy atom. The molecular weight excluding hydrogens is 246 g/mol. The summed E-state index contributed by atoms with van der Waals surface area (Å²) in [5.74, 6) is 1.20. The zero-order chi connectivity index (χ0) is 13.1. The monoisotopic (exact) mass is 257 g/mol. The van der Waals surface area contributed by atoms with Gasteiger partial charge in [0.05, 0.1) is 5.56 Å². The van der Waals surface area contributed by atoms with Gasteiger partial charge in [0.2, 0.25) is 0 Å². The van der Waals surface area contributed by atoms with Crippen molar-refractivity contribution in [3.8, 4) is 17.6 Å². The average molecular weight is 258 g/mol. The van der Waals surface area contributed by atoms with Crippen molar-refractivity contribution < 1.29 is 4.74 Å². The lowest BCUT2D eigenvalue weighted by atomic mass is 10.1. The first-order valence-electron chi connectivity index (χ1n) is 5.54. The van der Waals surface area contributed by atoms with Crippen LogP contribution in [-0.2, 0) is 0 Å². The molecule has 0 bridgehead atoms. The van der Waals surface area contributed by atoms with Gasteiger partial charge < -0.3 is 4.74 Å². The molecule has 0 radical (unpaired) electrons. The number of ether oxygens (including phenoxy) is 1. The number of halogens is 1. The van der Waals surface area contributed by atoms with Crippen molar-refractivity contribution in [3.63, 3.8) is 0 Å². The van der Waals surface area contributed by atoms with Gasteiger partial charge in [0.1, 0.15) is 17.6 Å². The largest absolute Gasteiger partial charge is 0.456 e. The predicted octanol–water partition coefficient (Wildman–Crippen LogP) is 4.62. The topological polar surface area (TPSA) is 33.0 Å². The highest BCUT2D eigenvalue weighted by Crippen LogP contribution is 2.29. The summed E-state index contributed by atoms with van der Waals surface area (Å²) in [4.78, 5) is 0. The van der Waals surface area contributed by atoms with Gasteiger partial charge in [-0.25, -0.2) is 0 Å². The summed E-state index contributed by atoms with van der Waals surface area (Å²) < 4.78 is 5.74. The first-order chi connectivity index (χ1) is 8.58. The number of nitrogens with zero attached hydrogens (tertiary/aromatic N) is 1. The minimum Gasteiger partial charge on any atom is -0.456 e. The number of hydrogen-bond acceptors (Lipinski definition) is 2. The van der Waals surface area contributed by atoms with Crippen molar-refractivity contribution in [2.45, 2.75) is 13.8 Å². The molecule has 18 heavy (non-hydrogen) atoms. The SMILES string of the molecule is Cc1cc(C)cc(Oc2cc(Cl)ccc2C#N)c1. The van der Waals surface area contributed by atoms with Crippen LogP contribution in [0.15, 0.2) is 36.4 Å². The van der Waals surface area contributed by atoms with Gasteiger partial charge >= 0.3 is 0 Å². The lowest BCUT2D eigenvalue weighted by Gasteiger charge is -2.09. The fraction of sp³-hybridized carbons (Fsp3) is 0.133. The van der Waals surface area contributed by atoms with Crippen molar-refractivity contribution in [3.05, 3.63) is 58.1 Å². The molecule has 2 aromatic rings. The number of nitriles is 1. The summed E-state index contributed by atoms with van der Waals surface area (Å²) in [7, 11) is 0. The third kappa shape index (κ3) is 2.82. The minimum atomic E-state index is 0.471. The van der Waals surface area contributed by atoms with E-state index in [2.05, 4.69) is 12.1 Å². The van der Waals surface area contributed by atoms with E-state index in [0.29, 0.717) is 22.1 Å². The summed E-state index contributed by atoms with van der Waals surface area (Å²) in [6.45, 7) is 4.01. The van der Waals surface area contributed by atoms with Crippen LogP contribution in [0.5, 0.6) is 11.5 Å². The third-order valence-corrected chi connectivity index (χ3v) is 2.72. The minimum absolute atomic E-state index is 0.471. The molecule has 0 amide bonds. The summed E-state index contributed by atoms with van der Waals surface area (Å²) in [6, 6.07) is 13.0. The van der Waals surface area contributed by atoms with Crippen LogP contribution in [0.1, 0.15) is 16.7 Å². The maximum absolute atomic E-state index is 9.02. The molecule has 2 rings (SSSR count). The molecular formula is C15H12ClNO. The average Bonchev–Trinajstić information content (AvgIpc) is 2.27. The quantitative estimate of drug-likeness (QED) is 0.786. The number of rotatable bonds is 2. The van der Waals surface area contributed by atoms with E-state index in [1.807, 2.05) is 26.0 Å². The van der Waals surface area contributed by atoms with Crippen molar-refractivity contribution >= 4 is 11.6 Å². The van der Waals surface area contributed by atoms with Crippen LogP contribution in [0.4, 0.5) is 0 Å². The molecule has 0 heterocycles. The van der Waals surface area contributed by atoms with Crippen molar-refractivity contribution in [2.75, 3.05) is 0 Å². The van der Waals surface area contributed by atoms with Gasteiger partial charge in [-0.2, -0.15) is 5.26 Å². The highest BCUT2D eigenvalue weighted by atomic mass is 35.5. The van der Waals surface area contributed by atoms with Crippen LogP contribution in [0.3, 0.4) is 0 Å². The lowest BCUT2D eigenvalue weighted by molar-refractivity contribution is 0.480. The highest BCUT2D eigenvalue weighted by molar-refractivity contribution is 6.30. The van der Waals surface area contributed by atoms with Crippen molar-refractivity contribution in [1.82, 2.24) is 0 Å². The summed E-state index contributed by atoms with van der Waals surface area (Å²) in [6.07, 6.45) is 0. The first-order valence-corrected chi connectivity index (χ1v) is 5.92. The molecule has 2 nitrogen and oxygen atoms in total. The molecule has 0 saturated carbocycles. The van der Waals surface area contributed by atoms with Crippen molar-refractivity contribution in [1.29, 1.82) is 5.26 Å². The molecule has 0 N–H and O–H groups in total. The smallest absolute Gasteiger partial charge is 0.146 e. The van der Waals surface area contributed by atoms with Gasteiger partial charge in [-0.3, -0.25) is 0 Å². The maximum Gasteiger partial charge on any atom is 0.146 e. The molecule has 90 valence electrons. The molecule has 0 saturated heterocycles. The molecule has 2 aromatic carbocycles. The zero-order valence-electron chi connectivity index (χ0n) is 10.2. The highest BCUT2D eigenvalue weighted by Gasteiger charge is 2.06. The maximum atomic E-state index is 9.02. The van der Waals surface area contributed by atoms with E-state index in [0.717, 1.165) is 11.1 Å². The van der Waals surface area contributed by atoms with Crippen LogP contribution >= 0.6 is 11.6 Å². The second-order valence-corrected chi connectivity index (χ2v) is 4.61. The number of benzene rings is 2. The second kappa shape index (κ2) is 5.12. The first kappa shape index (κ1) is 12.5. The van der Waals surface area contributed by atoms with Gasteiger partial charge in [0, 0.05) is 11.1 Å². The molecule has 0 spiro atoms. The van der Waals surface area contributed by atoms with Crippen LogP contribution < -0.4 is 4.74 Å². The van der Waals surface area contributed by atoms with Crippen LogP contribution in [0, 0.1) is 25.2 Å². The molecule has 0 aliphatic carbocycles. The Labute approximate surface area is 111 Å². The Balaban J connectivity index is 2.39. The van der Waals surface area contributed by atoms with Crippen LogP contribution in [-0.4, -0.2) is 0 Å².